The van der Waals surface area contributed by atoms with Crippen LogP contribution in [0.3, 0.4) is 0 Å². The molecule has 0 aliphatic carbocycles. The summed E-state index contributed by atoms with van der Waals surface area (Å²) < 4.78 is -3.33. The molecular formula is C13H22Cl6. The van der Waals surface area contributed by atoms with E-state index in [0.717, 1.165) is 12.8 Å². The summed E-state index contributed by atoms with van der Waals surface area (Å²) in [4.78, 5) is 0. The summed E-state index contributed by atoms with van der Waals surface area (Å²) in [5.74, 6) is 0. The summed E-state index contributed by atoms with van der Waals surface area (Å²) in [7, 11) is 0. The lowest BCUT2D eigenvalue weighted by molar-refractivity contribution is 0.547. The second-order valence-electron chi connectivity index (χ2n) is 4.85. The standard InChI is InChI=1S/C13H22Cl6/c1-2-3-4-5-6-7-8-9-10-11(14)12(15,16)13(17,18)19/h11H,2-10H2,1H3. The van der Waals surface area contributed by atoms with Gasteiger partial charge in [0.1, 0.15) is 0 Å². The third kappa shape index (κ3) is 8.69. The normalized spacial score (nSPS) is 14.7. The quantitative estimate of drug-likeness (QED) is 0.265. The molecule has 0 aromatic carbocycles. The number of hydrogen-bond donors (Lipinski definition) is 0. The third-order valence-electron chi connectivity index (χ3n) is 3.08. The van der Waals surface area contributed by atoms with E-state index in [4.69, 9.17) is 69.6 Å². The minimum Gasteiger partial charge on any atom is -0.120 e. The molecule has 0 bridgehead atoms. The highest BCUT2D eigenvalue weighted by molar-refractivity contribution is 6.76. The zero-order valence-corrected chi connectivity index (χ0v) is 15.7. The minimum atomic E-state index is -1.78. The maximum Gasteiger partial charge on any atom is 0.224 e. The Morgan fingerprint density at radius 1 is 0.737 bits per heavy atom. The van der Waals surface area contributed by atoms with Crippen molar-refractivity contribution >= 4 is 69.6 Å². The van der Waals surface area contributed by atoms with Gasteiger partial charge in [-0.15, -0.1) is 11.6 Å². The van der Waals surface area contributed by atoms with Crippen LogP contribution in [-0.2, 0) is 0 Å². The number of alkyl halides is 6. The summed E-state index contributed by atoms with van der Waals surface area (Å²) in [5, 5.41) is -0.566. The molecule has 6 heteroatoms. The van der Waals surface area contributed by atoms with Crippen LogP contribution >= 0.6 is 69.6 Å². The first-order chi connectivity index (χ1) is 8.73. The zero-order valence-electron chi connectivity index (χ0n) is 11.2. The van der Waals surface area contributed by atoms with Crippen molar-refractivity contribution in [3.05, 3.63) is 0 Å². The van der Waals surface area contributed by atoms with Crippen molar-refractivity contribution in [1.29, 1.82) is 0 Å². The molecule has 0 amide bonds. The van der Waals surface area contributed by atoms with Gasteiger partial charge in [-0.25, -0.2) is 0 Å². The minimum absolute atomic E-state index is 0.566. The Labute approximate surface area is 147 Å². The molecule has 0 saturated heterocycles. The van der Waals surface area contributed by atoms with E-state index in [9.17, 15) is 0 Å². The molecule has 0 N–H and O–H groups in total. The molecule has 19 heavy (non-hydrogen) atoms. The molecule has 0 rings (SSSR count). The van der Waals surface area contributed by atoms with Crippen LogP contribution in [0.5, 0.6) is 0 Å². The van der Waals surface area contributed by atoms with Crippen molar-refractivity contribution < 1.29 is 0 Å². The first kappa shape index (κ1) is 20.7. The molecule has 0 radical (unpaired) electrons. The lowest BCUT2D eigenvalue weighted by Crippen LogP contribution is -2.40. The molecule has 0 spiro atoms. The molecule has 0 heterocycles. The number of rotatable bonds is 10. The van der Waals surface area contributed by atoms with Gasteiger partial charge < -0.3 is 0 Å². The fraction of sp³-hybridized carbons (Fsp3) is 1.00. The van der Waals surface area contributed by atoms with Crippen LogP contribution in [0.15, 0.2) is 0 Å². The smallest absolute Gasteiger partial charge is 0.120 e. The van der Waals surface area contributed by atoms with E-state index in [-0.39, 0.29) is 0 Å². The van der Waals surface area contributed by atoms with Crippen LogP contribution in [0.4, 0.5) is 0 Å². The monoisotopic (exact) mass is 388 g/mol. The molecule has 0 aliphatic rings. The van der Waals surface area contributed by atoms with Gasteiger partial charge >= 0.3 is 0 Å². The van der Waals surface area contributed by atoms with E-state index in [0.29, 0.717) is 6.42 Å². The van der Waals surface area contributed by atoms with Gasteiger partial charge in [0.15, 0.2) is 4.33 Å². The predicted molar refractivity (Wildman–Crippen MR) is 91.6 cm³/mol. The van der Waals surface area contributed by atoms with Gasteiger partial charge in [0, 0.05) is 0 Å². The Kier molecular flexibility index (Phi) is 11.4. The summed E-state index contributed by atoms with van der Waals surface area (Å²) in [6, 6.07) is 0. The Balaban J connectivity index is 3.67. The highest BCUT2D eigenvalue weighted by atomic mass is 35.6. The Hall–Kier alpha value is 1.74. The molecule has 1 atom stereocenters. The molecule has 116 valence electrons. The summed E-state index contributed by atoms with van der Waals surface area (Å²) >= 11 is 35.3. The lowest BCUT2D eigenvalue weighted by Gasteiger charge is -2.31. The van der Waals surface area contributed by atoms with Gasteiger partial charge in [-0.2, -0.15) is 0 Å². The molecule has 0 aliphatic heterocycles. The molecule has 1 unspecified atom stereocenters. The molecule has 0 fully saturated rings. The van der Waals surface area contributed by atoms with Crippen LogP contribution in [0, 0.1) is 0 Å². The fourth-order valence-electron chi connectivity index (χ4n) is 1.82. The fourth-order valence-corrected chi connectivity index (χ4v) is 2.92. The van der Waals surface area contributed by atoms with Gasteiger partial charge in [0.25, 0.3) is 0 Å². The summed E-state index contributed by atoms with van der Waals surface area (Å²) in [6.07, 6.45) is 10.4. The van der Waals surface area contributed by atoms with Crippen molar-refractivity contribution in [2.45, 2.75) is 78.2 Å². The molecular weight excluding hydrogens is 369 g/mol. The van der Waals surface area contributed by atoms with Crippen LogP contribution in [0.1, 0.15) is 64.7 Å². The van der Waals surface area contributed by atoms with Gasteiger partial charge in [0.05, 0.1) is 5.38 Å². The van der Waals surface area contributed by atoms with E-state index >= 15 is 0 Å². The predicted octanol–water partition coefficient (Wildman–Crippen LogP) is 7.67. The molecule has 0 nitrogen and oxygen atoms in total. The van der Waals surface area contributed by atoms with Gasteiger partial charge in [-0.3, -0.25) is 0 Å². The summed E-state index contributed by atoms with van der Waals surface area (Å²) in [6.45, 7) is 2.22. The zero-order chi connectivity index (χ0) is 14.9. The van der Waals surface area contributed by atoms with Crippen LogP contribution in [-0.4, -0.2) is 13.5 Å². The van der Waals surface area contributed by atoms with Gasteiger partial charge in [-0.1, -0.05) is 116 Å². The average molecular weight is 391 g/mol. The topological polar surface area (TPSA) is 0 Å². The highest BCUT2D eigenvalue weighted by Gasteiger charge is 2.50. The largest absolute Gasteiger partial charge is 0.224 e. The van der Waals surface area contributed by atoms with Crippen LogP contribution < -0.4 is 0 Å². The van der Waals surface area contributed by atoms with E-state index in [2.05, 4.69) is 6.92 Å². The first-order valence-electron chi connectivity index (χ1n) is 6.82. The van der Waals surface area contributed by atoms with Crippen molar-refractivity contribution in [1.82, 2.24) is 0 Å². The van der Waals surface area contributed by atoms with Crippen molar-refractivity contribution in [2.24, 2.45) is 0 Å². The number of hydrogen-bond acceptors (Lipinski definition) is 0. The second-order valence-corrected chi connectivity index (χ2v) is 9.05. The molecule has 0 aromatic rings. The third-order valence-corrected chi connectivity index (χ3v) is 6.42. The van der Waals surface area contributed by atoms with E-state index in [1.807, 2.05) is 0 Å². The number of halogens is 6. The number of unbranched alkanes of at least 4 members (excludes halogenated alkanes) is 7. The molecule has 0 saturated carbocycles. The van der Waals surface area contributed by atoms with Crippen LogP contribution in [0.2, 0.25) is 0 Å². The maximum atomic E-state index is 6.12. The SMILES string of the molecule is CCCCCCCCCCC(Cl)C(Cl)(Cl)C(Cl)(Cl)Cl. The highest BCUT2D eigenvalue weighted by Crippen LogP contribution is 2.50. The van der Waals surface area contributed by atoms with E-state index in [1.54, 1.807) is 0 Å². The van der Waals surface area contributed by atoms with E-state index in [1.165, 1.54) is 38.5 Å². The van der Waals surface area contributed by atoms with Crippen molar-refractivity contribution in [3.8, 4) is 0 Å². The average Bonchev–Trinajstić information content (AvgIpc) is 2.30. The maximum absolute atomic E-state index is 6.12. The Morgan fingerprint density at radius 2 is 1.16 bits per heavy atom. The summed E-state index contributed by atoms with van der Waals surface area (Å²) in [5.41, 5.74) is 0. The van der Waals surface area contributed by atoms with Crippen LogP contribution in [0.25, 0.3) is 0 Å². The van der Waals surface area contributed by atoms with Gasteiger partial charge in [0.2, 0.25) is 3.79 Å². The lowest BCUT2D eigenvalue weighted by atomic mass is 10.1. The van der Waals surface area contributed by atoms with E-state index < -0.39 is 13.5 Å². The Bertz CT molecular complexity index is 224. The van der Waals surface area contributed by atoms with Crippen molar-refractivity contribution in [3.63, 3.8) is 0 Å². The molecule has 0 aromatic heterocycles. The Morgan fingerprint density at radius 3 is 1.58 bits per heavy atom. The second kappa shape index (κ2) is 10.5. The van der Waals surface area contributed by atoms with Crippen molar-refractivity contribution in [2.75, 3.05) is 0 Å². The first-order valence-corrected chi connectivity index (χ1v) is 9.14. The van der Waals surface area contributed by atoms with Gasteiger partial charge in [-0.05, 0) is 6.42 Å².